The molecule has 3 aromatic rings. The first-order valence-electron chi connectivity index (χ1n) is 8.94. The summed E-state index contributed by atoms with van der Waals surface area (Å²) in [5.74, 6) is 0.332. The normalized spacial score (nSPS) is 15.2. The third kappa shape index (κ3) is 3.64. The lowest BCUT2D eigenvalue weighted by Gasteiger charge is -2.33. The predicted molar refractivity (Wildman–Crippen MR) is 101 cm³/mol. The molecule has 1 aliphatic heterocycles. The third-order valence-corrected chi connectivity index (χ3v) is 4.86. The Bertz CT molecular complexity index is 891. The number of amides is 1. The van der Waals surface area contributed by atoms with Gasteiger partial charge in [-0.15, -0.1) is 0 Å². The average molecular weight is 347 g/mol. The van der Waals surface area contributed by atoms with Crippen LogP contribution in [0.5, 0.6) is 0 Å². The number of hydrogen-bond donors (Lipinski definition) is 1. The van der Waals surface area contributed by atoms with Gasteiger partial charge in [0.05, 0.1) is 29.1 Å². The summed E-state index contributed by atoms with van der Waals surface area (Å²) in [7, 11) is 0. The number of pyridine rings is 1. The van der Waals surface area contributed by atoms with Crippen LogP contribution in [0.4, 0.5) is 5.69 Å². The number of piperidine rings is 1. The minimum atomic E-state index is -0.155. The molecule has 0 aliphatic carbocycles. The second kappa shape index (κ2) is 7.47. The number of aromatic nitrogens is 3. The van der Waals surface area contributed by atoms with Gasteiger partial charge in [0, 0.05) is 25.8 Å². The van der Waals surface area contributed by atoms with E-state index in [9.17, 15) is 4.79 Å². The second-order valence-corrected chi connectivity index (χ2v) is 6.60. The number of para-hydroxylation sites is 2. The molecule has 1 N–H and O–H groups in total. The molecular weight excluding hydrogens is 326 g/mol. The van der Waals surface area contributed by atoms with Crippen LogP contribution >= 0.6 is 0 Å². The quantitative estimate of drug-likeness (QED) is 0.786. The van der Waals surface area contributed by atoms with Crippen molar-refractivity contribution in [3.05, 3.63) is 60.7 Å². The Morgan fingerprint density at radius 1 is 1.08 bits per heavy atom. The lowest BCUT2D eigenvalue weighted by molar-refractivity contribution is 0.0940. The van der Waals surface area contributed by atoms with Gasteiger partial charge in [0.1, 0.15) is 5.69 Å². The van der Waals surface area contributed by atoms with Crippen molar-refractivity contribution in [3.63, 3.8) is 0 Å². The molecule has 4 rings (SSSR count). The van der Waals surface area contributed by atoms with Crippen LogP contribution in [0.2, 0.25) is 0 Å². The fourth-order valence-corrected chi connectivity index (χ4v) is 3.33. The van der Waals surface area contributed by atoms with Crippen molar-refractivity contribution in [1.29, 1.82) is 0 Å². The molecule has 3 heterocycles. The highest BCUT2D eigenvalue weighted by Crippen LogP contribution is 2.22. The van der Waals surface area contributed by atoms with Gasteiger partial charge in [0.15, 0.2) is 0 Å². The number of nitrogens with one attached hydrogen (secondary N) is 1. The Balaban J connectivity index is 1.31. The van der Waals surface area contributed by atoms with Crippen LogP contribution in [0.3, 0.4) is 0 Å². The molecule has 26 heavy (non-hydrogen) atoms. The van der Waals surface area contributed by atoms with Gasteiger partial charge in [-0.3, -0.25) is 14.8 Å². The summed E-state index contributed by atoms with van der Waals surface area (Å²) in [5.41, 5.74) is 3.08. The average Bonchev–Trinajstić information content (AvgIpc) is 2.72. The highest BCUT2D eigenvalue weighted by atomic mass is 16.1. The van der Waals surface area contributed by atoms with Gasteiger partial charge in [-0.2, -0.15) is 0 Å². The number of nitrogens with zero attached hydrogens (tertiary/aromatic N) is 4. The van der Waals surface area contributed by atoms with E-state index in [0.717, 1.165) is 37.0 Å². The van der Waals surface area contributed by atoms with E-state index in [0.29, 0.717) is 18.2 Å². The molecule has 1 amide bonds. The Morgan fingerprint density at radius 3 is 2.65 bits per heavy atom. The van der Waals surface area contributed by atoms with Crippen LogP contribution in [-0.4, -0.2) is 40.5 Å². The summed E-state index contributed by atoms with van der Waals surface area (Å²) in [6.45, 7) is 2.65. The lowest BCUT2D eigenvalue weighted by Crippen LogP contribution is -2.38. The van der Waals surface area contributed by atoms with Gasteiger partial charge >= 0.3 is 0 Å². The van der Waals surface area contributed by atoms with E-state index in [1.807, 2.05) is 36.5 Å². The van der Waals surface area contributed by atoms with Crippen molar-refractivity contribution in [1.82, 2.24) is 20.3 Å². The first-order valence-corrected chi connectivity index (χ1v) is 8.94. The first-order chi connectivity index (χ1) is 12.8. The van der Waals surface area contributed by atoms with Gasteiger partial charge in [0.25, 0.3) is 5.91 Å². The number of fused-ring (bicyclic) bond motifs is 1. The fraction of sp³-hybridized carbons (Fsp3) is 0.300. The molecule has 2 aromatic heterocycles. The van der Waals surface area contributed by atoms with Crippen LogP contribution < -0.4 is 10.2 Å². The van der Waals surface area contributed by atoms with E-state index in [1.165, 1.54) is 5.69 Å². The molecule has 1 aliphatic rings. The minimum Gasteiger partial charge on any atom is -0.370 e. The standard InChI is InChI=1S/C20H21N5O/c26-20(19-14-22-17-5-1-2-6-18(17)24-19)23-12-15-7-10-25(11-8-15)16-4-3-9-21-13-16/h1-6,9,13-15H,7-8,10-12H2,(H,23,26). The highest BCUT2D eigenvalue weighted by Gasteiger charge is 2.20. The first kappa shape index (κ1) is 16.4. The van der Waals surface area contributed by atoms with Crippen molar-refractivity contribution in [2.24, 2.45) is 5.92 Å². The Labute approximate surface area is 152 Å². The molecule has 0 radical (unpaired) electrons. The van der Waals surface area contributed by atoms with E-state index in [1.54, 1.807) is 12.4 Å². The molecule has 6 heteroatoms. The van der Waals surface area contributed by atoms with E-state index in [2.05, 4.69) is 31.2 Å². The number of carbonyl (C=O) groups is 1. The number of rotatable bonds is 4. The Kier molecular flexibility index (Phi) is 4.73. The van der Waals surface area contributed by atoms with Crippen LogP contribution in [0, 0.1) is 5.92 Å². The molecule has 1 aromatic carbocycles. The maximum atomic E-state index is 12.4. The Hall–Kier alpha value is -3.02. The largest absolute Gasteiger partial charge is 0.370 e. The summed E-state index contributed by atoms with van der Waals surface area (Å²) in [6.07, 6.45) is 7.35. The van der Waals surface area contributed by atoms with E-state index < -0.39 is 0 Å². The summed E-state index contributed by atoms with van der Waals surface area (Å²) in [4.78, 5) is 27.6. The molecule has 1 saturated heterocycles. The molecule has 0 bridgehead atoms. The van der Waals surface area contributed by atoms with Crippen molar-refractivity contribution >= 4 is 22.6 Å². The highest BCUT2D eigenvalue weighted by molar-refractivity contribution is 5.93. The van der Waals surface area contributed by atoms with Gasteiger partial charge in [-0.25, -0.2) is 4.98 Å². The number of carbonyl (C=O) groups excluding carboxylic acids is 1. The van der Waals surface area contributed by atoms with Crippen LogP contribution in [0.1, 0.15) is 23.3 Å². The molecule has 0 unspecified atom stereocenters. The van der Waals surface area contributed by atoms with E-state index >= 15 is 0 Å². The van der Waals surface area contributed by atoms with Crippen LogP contribution in [0.15, 0.2) is 55.0 Å². The zero-order valence-electron chi connectivity index (χ0n) is 14.5. The van der Waals surface area contributed by atoms with Crippen molar-refractivity contribution in [3.8, 4) is 0 Å². The zero-order valence-corrected chi connectivity index (χ0v) is 14.5. The number of hydrogen-bond acceptors (Lipinski definition) is 5. The summed E-state index contributed by atoms with van der Waals surface area (Å²) < 4.78 is 0. The monoisotopic (exact) mass is 347 g/mol. The maximum Gasteiger partial charge on any atom is 0.271 e. The molecule has 0 atom stereocenters. The van der Waals surface area contributed by atoms with E-state index in [4.69, 9.17) is 0 Å². The molecule has 1 fully saturated rings. The number of anilines is 1. The van der Waals surface area contributed by atoms with Gasteiger partial charge in [-0.1, -0.05) is 12.1 Å². The number of benzene rings is 1. The third-order valence-electron chi connectivity index (χ3n) is 4.86. The van der Waals surface area contributed by atoms with Crippen LogP contribution in [-0.2, 0) is 0 Å². The second-order valence-electron chi connectivity index (χ2n) is 6.60. The van der Waals surface area contributed by atoms with Crippen molar-refractivity contribution in [2.45, 2.75) is 12.8 Å². The molecular formula is C20H21N5O. The van der Waals surface area contributed by atoms with Gasteiger partial charge < -0.3 is 10.2 Å². The van der Waals surface area contributed by atoms with Gasteiger partial charge in [0.2, 0.25) is 0 Å². The predicted octanol–water partition coefficient (Wildman–Crippen LogP) is 2.67. The van der Waals surface area contributed by atoms with E-state index in [-0.39, 0.29) is 5.91 Å². The van der Waals surface area contributed by atoms with Crippen LogP contribution in [0.25, 0.3) is 11.0 Å². The SMILES string of the molecule is O=C(NCC1CCN(c2cccnc2)CC1)c1cnc2ccccc2n1. The summed E-state index contributed by atoms with van der Waals surface area (Å²) in [5, 5.41) is 3.02. The summed E-state index contributed by atoms with van der Waals surface area (Å²) in [6, 6.07) is 11.6. The molecule has 6 nitrogen and oxygen atoms in total. The smallest absolute Gasteiger partial charge is 0.271 e. The lowest BCUT2D eigenvalue weighted by atomic mass is 9.96. The summed E-state index contributed by atoms with van der Waals surface area (Å²) >= 11 is 0. The molecule has 0 spiro atoms. The van der Waals surface area contributed by atoms with Crippen molar-refractivity contribution in [2.75, 3.05) is 24.5 Å². The Morgan fingerprint density at radius 2 is 1.88 bits per heavy atom. The zero-order chi connectivity index (χ0) is 17.8. The van der Waals surface area contributed by atoms with Crippen molar-refractivity contribution < 1.29 is 4.79 Å². The maximum absolute atomic E-state index is 12.4. The molecule has 0 saturated carbocycles. The fourth-order valence-electron chi connectivity index (χ4n) is 3.33. The minimum absolute atomic E-state index is 0.155. The molecule has 132 valence electrons. The topological polar surface area (TPSA) is 71.0 Å². The van der Waals surface area contributed by atoms with Gasteiger partial charge in [-0.05, 0) is 43.0 Å².